The predicted molar refractivity (Wildman–Crippen MR) is 108 cm³/mol. The van der Waals surface area contributed by atoms with Crippen molar-refractivity contribution in [2.75, 3.05) is 25.9 Å². The predicted octanol–water partition coefficient (Wildman–Crippen LogP) is 4.12. The van der Waals surface area contributed by atoms with Crippen LogP contribution in [0.1, 0.15) is 24.5 Å². The van der Waals surface area contributed by atoms with Crippen molar-refractivity contribution in [3.8, 4) is 17.2 Å². The molecule has 0 N–H and O–H groups in total. The fourth-order valence-electron chi connectivity index (χ4n) is 3.67. The molecule has 0 saturated carbocycles. The summed E-state index contributed by atoms with van der Waals surface area (Å²) in [5.41, 5.74) is 2.99. The number of hydrogen-bond acceptors (Lipinski definition) is 6. The molecule has 0 amide bonds. The van der Waals surface area contributed by atoms with Crippen molar-refractivity contribution < 1.29 is 18.6 Å². The molecule has 6 heteroatoms. The van der Waals surface area contributed by atoms with Crippen molar-refractivity contribution in [3.05, 3.63) is 57.9 Å². The van der Waals surface area contributed by atoms with E-state index >= 15 is 0 Å². The molecule has 0 spiro atoms. The molecule has 2 aromatic carbocycles. The Balaban J connectivity index is 1.82. The van der Waals surface area contributed by atoms with Crippen LogP contribution in [0.5, 0.6) is 17.2 Å². The first-order chi connectivity index (χ1) is 13.6. The summed E-state index contributed by atoms with van der Waals surface area (Å²) in [6, 6.07) is 11.2. The second-order valence-corrected chi connectivity index (χ2v) is 6.77. The van der Waals surface area contributed by atoms with E-state index in [4.69, 9.17) is 18.6 Å². The minimum atomic E-state index is -0.333. The van der Waals surface area contributed by atoms with Crippen LogP contribution in [0, 0.1) is 0 Å². The minimum absolute atomic E-state index is 0.333. The zero-order valence-electron chi connectivity index (χ0n) is 16.3. The topological polar surface area (TPSA) is 61.1 Å². The molecule has 0 atom stereocenters. The van der Waals surface area contributed by atoms with E-state index in [2.05, 4.69) is 6.92 Å². The van der Waals surface area contributed by atoms with Gasteiger partial charge in [0, 0.05) is 17.5 Å². The lowest BCUT2D eigenvalue weighted by molar-refractivity contribution is 0.286. The SMILES string of the molecule is CCCc1cc(=O)oc2c3c(ccc12)OCN(c1cc(OC)ccc1OC)C3. The van der Waals surface area contributed by atoms with E-state index in [0.717, 1.165) is 52.3 Å². The zero-order valence-corrected chi connectivity index (χ0v) is 16.3. The van der Waals surface area contributed by atoms with Gasteiger partial charge in [0.2, 0.25) is 0 Å². The Morgan fingerprint density at radius 2 is 1.96 bits per heavy atom. The maximum absolute atomic E-state index is 12.1. The van der Waals surface area contributed by atoms with Crippen LogP contribution in [0.3, 0.4) is 0 Å². The van der Waals surface area contributed by atoms with E-state index in [0.29, 0.717) is 18.9 Å². The average Bonchev–Trinajstić information content (AvgIpc) is 2.73. The Morgan fingerprint density at radius 1 is 1.11 bits per heavy atom. The molecular formula is C22H23NO5. The van der Waals surface area contributed by atoms with Crippen LogP contribution in [0.15, 0.2) is 45.6 Å². The monoisotopic (exact) mass is 381 g/mol. The van der Waals surface area contributed by atoms with Crippen molar-refractivity contribution in [2.24, 2.45) is 0 Å². The number of hydrogen-bond donors (Lipinski definition) is 0. The highest BCUT2D eigenvalue weighted by Gasteiger charge is 2.24. The van der Waals surface area contributed by atoms with Crippen LogP contribution in [0.2, 0.25) is 0 Å². The van der Waals surface area contributed by atoms with Crippen molar-refractivity contribution in [2.45, 2.75) is 26.3 Å². The number of anilines is 1. The van der Waals surface area contributed by atoms with E-state index in [1.54, 1.807) is 20.3 Å². The van der Waals surface area contributed by atoms with Gasteiger partial charge in [0.25, 0.3) is 0 Å². The molecule has 146 valence electrons. The number of methoxy groups -OCH3 is 2. The van der Waals surface area contributed by atoms with Gasteiger partial charge in [-0.3, -0.25) is 0 Å². The number of benzene rings is 2. The lowest BCUT2D eigenvalue weighted by atomic mass is 10.0. The summed E-state index contributed by atoms with van der Waals surface area (Å²) < 4.78 is 22.5. The summed E-state index contributed by atoms with van der Waals surface area (Å²) in [5, 5.41) is 0.961. The Labute approximate surface area is 163 Å². The first-order valence-electron chi connectivity index (χ1n) is 9.33. The molecule has 0 saturated heterocycles. The third-order valence-electron chi connectivity index (χ3n) is 5.03. The second kappa shape index (κ2) is 7.46. The Hall–Kier alpha value is -3.15. The Bertz CT molecular complexity index is 1070. The van der Waals surface area contributed by atoms with Gasteiger partial charge in [0.1, 0.15) is 22.8 Å². The molecular weight excluding hydrogens is 358 g/mol. The van der Waals surface area contributed by atoms with Gasteiger partial charge >= 0.3 is 5.63 Å². The van der Waals surface area contributed by atoms with E-state index in [1.165, 1.54) is 0 Å². The van der Waals surface area contributed by atoms with Gasteiger partial charge in [-0.2, -0.15) is 0 Å². The molecule has 28 heavy (non-hydrogen) atoms. The lowest BCUT2D eigenvalue weighted by Crippen LogP contribution is -2.32. The Kier molecular flexibility index (Phi) is 4.86. The fraction of sp³-hybridized carbons (Fsp3) is 0.318. The van der Waals surface area contributed by atoms with E-state index in [1.807, 2.05) is 35.2 Å². The highest BCUT2D eigenvalue weighted by molar-refractivity contribution is 5.86. The quantitative estimate of drug-likeness (QED) is 0.620. The van der Waals surface area contributed by atoms with Crippen LogP contribution in [-0.4, -0.2) is 21.0 Å². The number of ether oxygens (including phenoxy) is 3. The number of nitrogens with zero attached hydrogens (tertiary/aromatic N) is 1. The standard InChI is InChI=1S/C22H23NO5/c1-4-5-14-10-21(24)28-22-16(14)7-9-19-17(22)12-23(13-27-19)18-11-15(25-2)6-8-20(18)26-3/h6-11H,4-5,12-13H2,1-3H3. The minimum Gasteiger partial charge on any atom is -0.497 e. The first-order valence-corrected chi connectivity index (χ1v) is 9.33. The van der Waals surface area contributed by atoms with Crippen molar-refractivity contribution in [3.63, 3.8) is 0 Å². The van der Waals surface area contributed by atoms with Crippen LogP contribution < -0.4 is 24.7 Å². The van der Waals surface area contributed by atoms with E-state index in [9.17, 15) is 4.79 Å². The van der Waals surface area contributed by atoms with Crippen LogP contribution in [0.4, 0.5) is 5.69 Å². The molecule has 1 aromatic heterocycles. The van der Waals surface area contributed by atoms with Crippen LogP contribution >= 0.6 is 0 Å². The molecule has 2 heterocycles. The normalized spacial score (nSPS) is 13.2. The number of fused-ring (bicyclic) bond motifs is 3. The summed E-state index contributed by atoms with van der Waals surface area (Å²) in [7, 11) is 3.26. The van der Waals surface area contributed by atoms with Gasteiger partial charge in [0.05, 0.1) is 32.0 Å². The smallest absolute Gasteiger partial charge is 0.336 e. The summed E-state index contributed by atoms with van der Waals surface area (Å²) in [6.45, 7) is 2.99. The molecule has 1 aliphatic rings. The molecule has 0 radical (unpaired) electrons. The maximum atomic E-state index is 12.1. The molecule has 3 aromatic rings. The number of rotatable bonds is 5. The second-order valence-electron chi connectivity index (χ2n) is 6.77. The van der Waals surface area contributed by atoms with Crippen LogP contribution in [-0.2, 0) is 13.0 Å². The molecule has 4 rings (SSSR count). The Morgan fingerprint density at radius 3 is 2.71 bits per heavy atom. The molecule has 6 nitrogen and oxygen atoms in total. The van der Waals surface area contributed by atoms with Gasteiger partial charge in [-0.05, 0) is 36.2 Å². The average molecular weight is 381 g/mol. The number of aryl methyl sites for hydroxylation is 1. The molecule has 0 aliphatic carbocycles. The van der Waals surface area contributed by atoms with Gasteiger partial charge in [0.15, 0.2) is 6.73 Å². The van der Waals surface area contributed by atoms with Crippen LogP contribution in [0.25, 0.3) is 11.0 Å². The summed E-state index contributed by atoms with van der Waals surface area (Å²) in [6.07, 6.45) is 1.79. The highest BCUT2D eigenvalue weighted by Crippen LogP contribution is 2.39. The summed E-state index contributed by atoms with van der Waals surface area (Å²) in [4.78, 5) is 14.2. The molecule has 0 unspecified atom stereocenters. The fourth-order valence-corrected chi connectivity index (χ4v) is 3.67. The zero-order chi connectivity index (χ0) is 19.7. The molecule has 1 aliphatic heterocycles. The third kappa shape index (κ3) is 3.15. The van der Waals surface area contributed by atoms with Gasteiger partial charge in [-0.25, -0.2) is 4.79 Å². The third-order valence-corrected chi connectivity index (χ3v) is 5.03. The molecule has 0 bridgehead atoms. The van der Waals surface area contributed by atoms with Gasteiger partial charge in [-0.1, -0.05) is 13.3 Å². The first kappa shape index (κ1) is 18.2. The van der Waals surface area contributed by atoms with Gasteiger partial charge < -0.3 is 23.5 Å². The van der Waals surface area contributed by atoms with E-state index < -0.39 is 0 Å². The van der Waals surface area contributed by atoms with Crippen molar-refractivity contribution in [1.29, 1.82) is 0 Å². The maximum Gasteiger partial charge on any atom is 0.336 e. The summed E-state index contributed by atoms with van der Waals surface area (Å²) in [5.74, 6) is 2.19. The largest absolute Gasteiger partial charge is 0.497 e. The van der Waals surface area contributed by atoms with Gasteiger partial charge in [-0.15, -0.1) is 0 Å². The van der Waals surface area contributed by atoms with E-state index in [-0.39, 0.29) is 5.63 Å². The summed E-state index contributed by atoms with van der Waals surface area (Å²) >= 11 is 0. The van der Waals surface area contributed by atoms with Crippen molar-refractivity contribution in [1.82, 2.24) is 0 Å². The highest BCUT2D eigenvalue weighted by atomic mass is 16.5. The molecule has 0 fully saturated rings. The lowest BCUT2D eigenvalue weighted by Gasteiger charge is -2.32. The van der Waals surface area contributed by atoms with Crippen molar-refractivity contribution >= 4 is 16.7 Å².